The summed E-state index contributed by atoms with van der Waals surface area (Å²) in [6.45, 7) is 3.64. The van der Waals surface area contributed by atoms with Crippen LogP contribution in [0.2, 0.25) is 0 Å². The van der Waals surface area contributed by atoms with Crippen LogP contribution >= 0.6 is 0 Å². The topological polar surface area (TPSA) is 26.3 Å². The first kappa shape index (κ1) is 14.0. The molecule has 0 fully saturated rings. The van der Waals surface area contributed by atoms with Crippen LogP contribution in [0.4, 0.5) is 0 Å². The zero-order chi connectivity index (χ0) is 13.2. The van der Waals surface area contributed by atoms with Crippen molar-refractivity contribution in [2.45, 2.75) is 12.8 Å². The van der Waals surface area contributed by atoms with Crippen molar-refractivity contribution in [3.05, 3.63) is 72.4 Å². The molecule has 0 saturated carbocycles. The highest BCUT2D eigenvalue weighted by atomic mass is 16.5. The van der Waals surface area contributed by atoms with E-state index < -0.39 is 0 Å². The highest BCUT2D eigenvalue weighted by molar-refractivity contribution is 5.87. The van der Waals surface area contributed by atoms with E-state index in [0.29, 0.717) is 12.0 Å². The Labute approximate surface area is 108 Å². The molecule has 0 spiro atoms. The van der Waals surface area contributed by atoms with Gasteiger partial charge in [-0.05, 0) is 18.4 Å². The van der Waals surface area contributed by atoms with Crippen molar-refractivity contribution in [2.24, 2.45) is 0 Å². The maximum Gasteiger partial charge on any atom is 0.333 e. The number of carbonyl (C=O) groups excluding carboxylic acids is 1. The van der Waals surface area contributed by atoms with Gasteiger partial charge in [0.05, 0.1) is 7.11 Å². The van der Waals surface area contributed by atoms with Gasteiger partial charge in [0, 0.05) is 5.57 Å². The number of hydrogen-bond acceptors (Lipinski definition) is 2. The lowest BCUT2D eigenvalue weighted by molar-refractivity contribution is -0.136. The largest absolute Gasteiger partial charge is 0.466 e. The minimum Gasteiger partial charge on any atom is -0.466 e. The molecule has 18 heavy (non-hydrogen) atoms. The third-order valence-electron chi connectivity index (χ3n) is 2.42. The van der Waals surface area contributed by atoms with Gasteiger partial charge in [0.15, 0.2) is 0 Å². The fourth-order valence-electron chi connectivity index (χ4n) is 1.41. The van der Waals surface area contributed by atoms with Crippen molar-refractivity contribution in [1.82, 2.24) is 0 Å². The van der Waals surface area contributed by atoms with Crippen molar-refractivity contribution in [2.75, 3.05) is 7.11 Å². The van der Waals surface area contributed by atoms with Crippen LogP contribution in [0, 0.1) is 0 Å². The molecule has 0 aliphatic rings. The summed E-state index contributed by atoms with van der Waals surface area (Å²) < 4.78 is 4.56. The van der Waals surface area contributed by atoms with Crippen LogP contribution in [0.3, 0.4) is 0 Å². The van der Waals surface area contributed by atoms with Gasteiger partial charge >= 0.3 is 5.97 Å². The summed E-state index contributed by atoms with van der Waals surface area (Å²) in [4.78, 5) is 11.0. The number of benzene rings is 1. The molecule has 94 valence electrons. The molecule has 0 aromatic heterocycles. The lowest BCUT2D eigenvalue weighted by Crippen LogP contribution is -2.02. The molecule has 0 amide bonds. The molecule has 2 heteroatoms. The quantitative estimate of drug-likeness (QED) is 0.434. The zero-order valence-corrected chi connectivity index (χ0v) is 10.6. The summed E-state index contributed by atoms with van der Waals surface area (Å²) in [5.74, 6) is -0.354. The van der Waals surface area contributed by atoms with Crippen LogP contribution in [0.15, 0.2) is 66.8 Å². The Morgan fingerprint density at radius 1 is 1.22 bits per heavy atom. The molecule has 0 aliphatic carbocycles. The second kappa shape index (κ2) is 8.07. The van der Waals surface area contributed by atoms with E-state index in [4.69, 9.17) is 0 Å². The van der Waals surface area contributed by atoms with Crippen molar-refractivity contribution < 1.29 is 9.53 Å². The van der Waals surface area contributed by atoms with E-state index in [9.17, 15) is 4.79 Å². The maximum atomic E-state index is 11.0. The maximum absolute atomic E-state index is 11.0. The van der Waals surface area contributed by atoms with Crippen molar-refractivity contribution in [3.8, 4) is 0 Å². The Morgan fingerprint density at radius 3 is 2.56 bits per heavy atom. The van der Waals surface area contributed by atoms with Gasteiger partial charge in [-0.15, -0.1) is 0 Å². The van der Waals surface area contributed by atoms with Gasteiger partial charge in [-0.3, -0.25) is 0 Å². The van der Waals surface area contributed by atoms with Crippen LogP contribution in [0.5, 0.6) is 0 Å². The molecule has 2 nitrogen and oxygen atoms in total. The van der Waals surface area contributed by atoms with E-state index in [1.54, 1.807) is 0 Å². The predicted octanol–water partition coefficient (Wildman–Crippen LogP) is 3.46. The smallest absolute Gasteiger partial charge is 0.333 e. The second-order valence-electron chi connectivity index (χ2n) is 3.85. The average Bonchev–Trinajstić information content (AvgIpc) is 2.42. The molecule has 0 N–H and O–H groups in total. The van der Waals surface area contributed by atoms with Crippen LogP contribution in [-0.2, 0) is 16.0 Å². The second-order valence-corrected chi connectivity index (χ2v) is 3.85. The van der Waals surface area contributed by atoms with Gasteiger partial charge in [0.2, 0.25) is 0 Å². The molecule has 0 saturated heterocycles. The molecule has 0 unspecified atom stereocenters. The third kappa shape index (κ3) is 5.30. The van der Waals surface area contributed by atoms with E-state index in [1.807, 2.05) is 36.4 Å². The molecule has 1 aromatic rings. The van der Waals surface area contributed by atoms with Gasteiger partial charge in [-0.25, -0.2) is 4.79 Å². The first-order valence-electron chi connectivity index (χ1n) is 5.85. The van der Waals surface area contributed by atoms with Gasteiger partial charge in [0.25, 0.3) is 0 Å². The Hall–Kier alpha value is -2.09. The Bertz CT molecular complexity index is 441. The lowest BCUT2D eigenvalue weighted by atomic mass is 10.1. The monoisotopic (exact) mass is 242 g/mol. The summed E-state index contributed by atoms with van der Waals surface area (Å²) in [6, 6.07) is 10.2. The first-order chi connectivity index (χ1) is 8.74. The summed E-state index contributed by atoms with van der Waals surface area (Å²) in [5.41, 5.74) is 1.74. The minimum atomic E-state index is -0.354. The zero-order valence-electron chi connectivity index (χ0n) is 10.6. The molecule has 0 aliphatic heterocycles. The summed E-state index contributed by atoms with van der Waals surface area (Å²) >= 11 is 0. The van der Waals surface area contributed by atoms with E-state index in [2.05, 4.69) is 29.5 Å². The third-order valence-corrected chi connectivity index (χ3v) is 2.42. The number of esters is 1. The van der Waals surface area contributed by atoms with E-state index in [-0.39, 0.29) is 5.97 Å². The molecule has 1 aromatic carbocycles. The summed E-state index contributed by atoms with van der Waals surface area (Å²) in [6.07, 6.45) is 9.27. The number of ether oxygens (including phenoxy) is 1. The molecule has 1 rings (SSSR count). The number of hydrogen-bond donors (Lipinski definition) is 0. The number of methoxy groups -OCH3 is 1. The van der Waals surface area contributed by atoms with Crippen LogP contribution in [0.1, 0.15) is 12.0 Å². The average molecular weight is 242 g/mol. The highest BCUT2D eigenvalue weighted by Crippen LogP contribution is 2.02. The van der Waals surface area contributed by atoms with E-state index in [1.165, 1.54) is 12.7 Å². The van der Waals surface area contributed by atoms with Gasteiger partial charge in [0.1, 0.15) is 0 Å². The lowest BCUT2D eigenvalue weighted by Gasteiger charge is -1.97. The van der Waals surface area contributed by atoms with E-state index in [0.717, 1.165) is 6.42 Å². The highest BCUT2D eigenvalue weighted by Gasteiger charge is 2.02. The van der Waals surface area contributed by atoms with Gasteiger partial charge in [-0.2, -0.15) is 0 Å². The Balaban J connectivity index is 2.28. The Kier molecular flexibility index (Phi) is 6.26. The van der Waals surface area contributed by atoms with Crippen molar-refractivity contribution in [1.29, 1.82) is 0 Å². The standard InChI is InChI=1S/C16H18O2/c1-14(16(17)18-2)10-6-3-4-7-11-15-12-8-5-9-13-15/h3-9,12-13H,1,10-11H2,2H3/b6-3-,7-4+. The molecule has 0 atom stereocenters. The molecule has 0 bridgehead atoms. The van der Waals surface area contributed by atoms with Crippen molar-refractivity contribution >= 4 is 5.97 Å². The normalized spacial score (nSPS) is 10.9. The molecule has 0 heterocycles. The fraction of sp³-hybridized carbons (Fsp3) is 0.188. The summed E-state index contributed by atoms with van der Waals surface area (Å²) in [7, 11) is 1.36. The van der Waals surface area contributed by atoms with Crippen LogP contribution < -0.4 is 0 Å². The van der Waals surface area contributed by atoms with E-state index >= 15 is 0 Å². The number of rotatable bonds is 6. The predicted molar refractivity (Wildman–Crippen MR) is 74.2 cm³/mol. The van der Waals surface area contributed by atoms with Crippen molar-refractivity contribution in [3.63, 3.8) is 0 Å². The van der Waals surface area contributed by atoms with Crippen LogP contribution in [0.25, 0.3) is 0 Å². The minimum absolute atomic E-state index is 0.354. The summed E-state index contributed by atoms with van der Waals surface area (Å²) in [5, 5.41) is 0. The molecule has 0 radical (unpaired) electrons. The molecular weight excluding hydrogens is 224 g/mol. The van der Waals surface area contributed by atoms with Gasteiger partial charge < -0.3 is 4.74 Å². The molecular formula is C16H18O2. The first-order valence-corrected chi connectivity index (χ1v) is 5.85. The SMILES string of the molecule is C=C(C/C=C\C=C\Cc1ccccc1)C(=O)OC. The fourth-order valence-corrected chi connectivity index (χ4v) is 1.41. The van der Waals surface area contributed by atoms with Gasteiger partial charge in [-0.1, -0.05) is 61.2 Å². The Morgan fingerprint density at radius 2 is 1.89 bits per heavy atom. The number of carbonyl (C=O) groups is 1. The number of allylic oxidation sites excluding steroid dienone is 4. The van der Waals surface area contributed by atoms with Crippen LogP contribution in [-0.4, -0.2) is 13.1 Å².